The summed E-state index contributed by atoms with van der Waals surface area (Å²) in [6, 6.07) is 4.52. The van der Waals surface area contributed by atoms with Crippen LogP contribution in [0.15, 0.2) is 18.2 Å². The second-order valence-electron chi connectivity index (χ2n) is 4.07. The average molecular weight is 269 g/mol. The molecule has 1 rings (SSSR count). The molecule has 0 bridgehead atoms. The predicted molar refractivity (Wildman–Crippen MR) is 66.5 cm³/mol. The van der Waals surface area contributed by atoms with E-state index in [1.54, 1.807) is 6.07 Å². The first kappa shape index (κ1) is 14.9. The summed E-state index contributed by atoms with van der Waals surface area (Å²) in [5, 5.41) is 11.1. The zero-order chi connectivity index (χ0) is 14.4. The van der Waals surface area contributed by atoms with Crippen molar-refractivity contribution in [3.05, 3.63) is 29.6 Å². The molecular weight excluding hydrogens is 253 g/mol. The molecule has 5 nitrogen and oxygen atoms in total. The summed E-state index contributed by atoms with van der Waals surface area (Å²) in [5.41, 5.74) is 0.696. The summed E-state index contributed by atoms with van der Waals surface area (Å²) in [6.07, 6.45) is 0.416. The Morgan fingerprint density at radius 1 is 1.47 bits per heavy atom. The number of methoxy groups -OCH3 is 1. The molecule has 0 saturated carbocycles. The Morgan fingerprint density at radius 2 is 2.16 bits per heavy atom. The lowest BCUT2D eigenvalue weighted by Crippen LogP contribution is -2.34. The van der Waals surface area contributed by atoms with Gasteiger partial charge in [0.2, 0.25) is 5.91 Å². The summed E-state index contributed by atoms with van der Waals surface area (Å²) in [7, 11) is 1.38. The maximum atomic E-state index is 13.4. The molecule has 2 N–H and O–H groups in total. The molecule has 0 saturated heterocycles. The predicted octanol–water partition coefficient (Wildman–Crippen LogP) is 1.21. The minimum absolute atomic E-state index is 0.160. The Morgan fingerprint density at radius 3 is 2.68 bits per heavy atom. The maximum Gasteiger partial charge on any atom is 0.315 e. The molecule has 0 radical (unpaired) electrons. The highest BCUT2D eigenvalue weighted by Crippen LogP contribution is 2.17. The fourth-order valence-electron chi connectivity index (χ4n) is 1.46. The Labute approximate surface area is 110 Å². The number of nitrogens with one attached hydrogen (secondary N) is 1. The number of benzene rings is 1. The van der Waals surface area contributed by atoms with E-state index in [1.807, 2.05) is 0 Å². The van der Waals surface area contributed by atoms with Crippen molar-refractivity contribution in [3.8, 4) is 5.75 Å². The van der Waals surface area contributed by atoms with Gasteiger partial charge in [-0.15, -0.1) is 0 Å². The van der Waals surface area contributed by atoms with Crippen LogP contribution in [0, 0.1) is 11.7 Å². The average Bonchev–Trinajstić information content (AvgIpc) is 2.37. The Hall–Kier alpha value is -2.11. The van der Waals surface area contributed by atoms with Crippen molar-refractivity contribution >= 4 is 11.9 Å². The number of aliphatic carboxylic acids is 1. The van der Waals surface area contributed by atoms with Gasteiger partial charge in [0, 0.05) is 6.54 Å². The molecule has 1 aromatic carbocycles. The van der Waals surface area contributed by atoms with Gasteiger partial charge < -0.3 is 15.2 Å². The second-order valence-corrected chi connectivity index (χ2v) is 4.07. The minimum atomic E-state index is -1.17. The van der Waals surface area contributed by atoms with Crippen LogP contribution in [-0.4, -0.2) is 30.6 Å². The summed E-state index contributed by atoms with van der Waals surface area (Å²) < 4.78 is 18.2. The summed E-state index contributed by atoms with van der Waals surface area (Å²) in [5.74, 6) is -3.13. The molecule has 0 fully saturated rings. The van der Waals surface area contributed by atoms with Crippen LogP contribution >= 0.6 is 0 Å². The highest BCUT2D eigenvalue weighted by molar-refractivity contribution is 5.96. The van der Waals surface area contributed by atoms with Crippen molar-refractivity contribution in [3.63, 3.8) is 0 Å². The lowest BCUT2D eigenvalue weighted by molar-refractivity contribution is -0.146. The highest BCUT2D eigenvalue weighted by atomic mass is 19.1. The van der Waals surface area contributed by atoms with Gasteiger partial charge in [-0.05, 0) is 31.0 Å². The Kier molecular flexibility index (Phi) is 5.29. The maximum absolute atomic E-state index is 13.4. The normalized spacial score (nSPS) is 11.7. The van der Waals surface area contributed by atoms with Gasteiger partial charge in [0.1, 0.15) is 5.92 Å². The van der Waals surface area contributed by atoms with Gasteiger partial charge in [0.05, 0.1) is 7.11 Å². The van der Waals surface area contributed by atoms with E-state index in [-0.39, 0.29) is 12.3 Å². The molecule has 0 aromatic heterocycles. The zero-order valence-electron chi connectivity index (χ0n) is 10.8. The fourth-order valence-corrected chi connectivity index (χ4v) is 1.46. The molecule has 19 heavy (non-hydrogen) atoms. The van der Waals surface area contributed by atoms with Crippen LogP contribution in [0.5, 0.6) is 5.75 Å². The van der Waals surface area contributed by atoms with Crippen molar-refractivity contribution in [1.82, 2.24) is 5.32 Å². The number of carbonyl (C=O) groups is 2. The van der Waals surface area contributed by atoms with Crippen LogP contribution < -0.4 is 10.1 Å². The summed E-state index contributed by atoms with van der Waals surface area (Å²) >= 11 is 0. The Balaban J connectivity index is 2.47. The molecule has 0 aliphatic heterocycles. The SMILES string of the molecule is COc1ccc(CCNC(=O)C(C)C(=O)O)cc1F. The highest BCUT2D eigenvalue weighted by Gasteiger charge is 2.19. The lowest BCUT2D eigenvalue weighted by Gasteiger charge is -2.09. The molecule has 0 aliphatic rings. The molecule has 1 atom stereocenters. The van der Waals surface area contributed by atoms with E-state index in [4.69, 9.17) is 9.84 Å². The number of carboxylic acids is 1. The summed E-state index contributed by atoms with van der Waals surface area (Å²) in [6.45, 7) is 1.56. The molecule has 1 amide bonds. The molecule has 0 aliphatic carbocycles. The third-order valence-electron chi connectivity index (χ3n) is 2.69. The largest absolute Gasteiger partial charge is 0.494 e. The van der Waals surface area contributed by atoms with Gasteiger partial charge in [-0.2, -0.15) is 0 Å². The number of hydrogen-bond acceptors (Lipinski definition) is 3. The van der Waals surface area contributed by atoms with Gasteiger partial charge in [-0.25, -0.2) is 4.39 Å². The number of hydrogen-bond donors (Lipinski definition) is 2. The standard InChI is InChI=1S/C13H16FNO4/c1-8(13(17)18)12(16)15-6-5-9-3-4-11(19-2)10(14)7-9/h3-4,7-8H,5-6H2,1-2H3,(H,15,16)(H,17,18). The third-order valence-corrected chi connectivity index (χ3v) is 2.69. The number of ether oxygens (including phenoxy) is 1. The van der Waals surface area contributed by atoms with E-state index >= 15 is 0 Å². The smallest absolute Gasteiger partial charge is 0.315 e. The molecule has 1 aromatic rings. The minimum Gasteiger partial charge on any atom is -0.494 e. The van der Waals surface area contributed by atoms with E-state index in [0.717, 1.165) is 0 Å². The van der Waals surface area contributed by atoms with Crippen LogP contribution in [0.25, 0.3) is 0 Å². The molecule has 0 spiro atoms. The van der Waals surface area contributed by atoms with E-state index in [1.165, 1.54) is 26.2 Å². The number of halogens is 1. The van der Waals surface area contributed by atoms with Crippen LogP contribution in [0.3, 0.4) is 0 Å². The number of carbonyl (C=O) groups excluding carboxylic acids is 1. The zero-order valence-corrected chi connectivity index (χ0v) is 10.8. The first-order valence-corrected chi connectivity index (χ1v) is 5.78. The van der Waals surface area contributed by atoms with Gasteiger partial charge in [0.15, 0.2) is 11.6 Å². The van der Waals surface area contributed by atoms with Crippen molar-refractivity contribution < 1.29 is 23.8 Å². The van der Waals surface area contributed by atoms with Gasteiger partial charge >= 0.3 is 5.97 Å². The fraction of sp³-hybridized carbons (Fsp3) is 0.385. The number of rotatable bonds is 6. The topological polar surface area (TPSA) is 75.6 Å². The molecule has 1 unspecified atom stereocenters. The number of amides is 1. The molecule has 0 heterocycles. The van der Waals surface area contributed by atoms with Crippen molar-refractivity contribution in [2.24, 2.45) is 5.92 Å². The van der Waals surface area contributed by atoms with Crippen molar-refractivity contribution in [1.29, 1.82) is 0 Å². The lowest BCUT2D eigenvalue weighted by atomic mass is 10.1. The van der Waals surface area contributed by atoms with Crippen LogP contribution in [0.1, 0.15) is 12.5 Å². The molecule has 104 valence electrons. The van der Waals surface area contributed by atoms with Gasteiger partial charge in [-0.3, -0.25) is 9.59 Å². The van der Waals surface area contributed by atoms with E-state index < -0.39 is 23.6 Å². The molecule has 6 heteroatoms. The number of carboxylic acid groups (broad SMARTS) is 1. The first-order valence-electron chi connectivity index (χ1n) is 5.78. The second kappa shape index (κ2) is 6.72. The first-order chi connectivity index (χ1) is 8.95. The monoisotopic (exact) mass is 269 g/mol. The van der Waals surface area contributed by atoms with E-state index in [9.17, 15) is 14.0 Å². The summed E-state index contributed by atoms with van der Waals surface area (Å²) in [4.78, 5) is 21.9. The van der Waals surface area contributed by atoms with Crippen LogP contribution in [0.2, 0.25) is 0 Å². The van der Waals surface area contributed by atoms with Crippen LogP contribution in [0.4, 0.5) is 4.39 Å². The van der Waals surface area contributed by atoms with Crippen LogP contribution in [-0.2, 0) is 16.0 Å². The van der Waals surface area contributed by atoms with Gasteiger partial charge in [-0.1, -0.05) is 6.07 Å². The third kappa shape index (κ3) is 4.24. The quantitative estimate of drug-likeness (QED) is 0.761. The van der Waals surface area contributed by atoms with Crippen molar-refractivity contribution in [2.45, 2.75) is 13.3 Å². The van der Waals surface area contributed by atoms with E-state index in [0.29, 0.717) is 12.0 Å². The van der Waals surface area contributed by atoms with Crippen molar-refractivity contribution in [2.75, 3.05) is 13.7 Å². The molecular formula is C13H16FNO4. The van der Waals surface area contributed by atoms with Gasteiger partial charge in [0.25, 0.3) is 0 Å². The Bertz CT molecular complexity index is 476. The van der Waals surface area contributed by atoms with E-state index in [2.05, 4.69) is 5.32 Å².